The van der Waals surface area contributed by atoms with E-state index in [2.05, 4.69) is 5.09 Å². The Morgan fingerprint density at radius 2 is 2.18 bits per heavy atom. The summed E-state index contributed by atoms with van der Waals surface area (Å²) in [4.78, 5) is 10.3. The van der Waals surface area contributed by atoms with Crippen LogP contribution in [0.1, 0.15) is 0 Å². The molecule has 0 saturated carbocycles. The highest BCUT2D eigenvalue weighted by atomic mass is 32.2. The normalized spacial score (nSPS) is 14.4. The summed E-state index contributed by atoms with van der Waals surface area (Å²) in [6, 6.07) is -1.05. The third-order valence-corrected chi connectivity index (χ3v) is 2.31. The first-order chi connectivity index (χ1) is 4.87. The summed E-state index contributed by atoms with van der Waals surface area (Å²) in [6.45, 7) is 0. The van der Waals surface area contributed by atoms with E-state index >= 15 is 0 Å². The van der Waals surface area contributed by atoms with Crippen molar-refractivity contribution in [2.75, 3.05) is 12.0 Å². The molecule has 7 heteroatoms. The van der Waals surface area contributed by atoms with Crippen LogP contribution < -0.4 is 5.09 Å². The molecule has 0 heterocycles. The molecule has 0 rings (SSSR count). The van der Waals surface area contributed by atoms with Crippen molar-refractivity contribution in [1.82, 2.24) is 5.09 Å². The van der Waals surface area contributed by atoms with Crippen LogP contribution in [-0.4, -0.2) is 37.5 Å². The summed E-state index contributed by atoms with van der Waals surface area (Å²) in [5.41, 5.74) is 0. The van der Waals surface area contributed by atoms with Gasteiger partial charge in [0.2, 0.25) is 0 Å². The molecule has 0 aromatic carbocycles. The maximum absolute atomic E-state index is 10.6. The van der Waals surface area contributed by atoms with E-state index in [1.165, 1.54) is 0 Å². The second kappa shape index (κ2) is 3.99. The van der Waals surface area contributed by atoms with Crippen LogP contribution in [0.2, 0.25) is 0 Å². The summed E-state index contributed by atoms with van der Waals surface area (Å²) < 4.78 is 21.2. The van der Waals surface area contributed by atoms with Gasteiger partial charge in [-0.05, 0) is 0 Å². The molecule has 0 radical (unpaired) electrons. The predicted molar refractivity (Wildman–Crippen MR) is 44.0 cm³/mol. The molecule has 2 unspecified atom stereocenters. The van der Waals surface area contributed by atoms with Gasteiger partial charge in [-0.3, -0.25) is 9.88 Å². The van der Waals surface area contributed by atoms with Crippen molar-refractivity contribution >= 4 is 25.2 Å². The van der Waals surface area contributed by atoms with E-state index in [1.54, 1.807) is 0 Å². The molecule has 5 nitrogen and oxygen atoms in total. The van der Waals surface area contributed by atoms with Gasteiger partial charge >= 0.3 is 5.97 Å². The molecule has 0 aliphatic carbocycles. The quantitative estimate of drug-likeness (QED) is 0.559. The van der Waals surface area contributed by atoms with Crippen molar-refractivity contribution in [2.45, 2.75) is 6.04 Å². The standard InChI is InChI=1S/C4H10NO4PS/c1-11(8,9)2-3(5-10)4(6)7/h3,5H,2,10H2,1H3,(H,6,7). The van der Waals surface area contributed by atoms with Gasteiger partial charge in [-0.25, -0.2) is 8.42 Å². The summed E-state index contributed by atoms with van der Waals surface area (Å²) in [7, 11) is -1.27. The van der Waals surface area contributed by atoms with E-state index in [0.717, 1.165) is 6.26 Å². The Hall–Kier alpha value is -0.190. The highest BCUT2D eigenvalue weighted by Gasteiger charge is 2.19. The molecule has 2 N–H and O–H groups in total. The molecule has 0 fully saturated rings. The van der Waals surface area contributed by atoms with Gasteiger partial charge < -0.3 is 5.11 Å². The molecule has 66 valence electrons. The fraction of sp³-hybridized carbons (Fsp3) is 0.750. The number of carboxylic acids is 1. The van der Waals surface area contributed by atoms with Crippen LogP contribution in [0.15, 0.2) is 0 Å². The number of nitrogens with one attached hydrogen (secondary N) is 1. The molecular weight excluding hydrogens is 189 g/mol. The molecular formula is C4H10NO4PS. The minimum absolute atomic E-state index is 0.397. The number of carbonyl (C=O) groups is 1. The van der Waals surface area contributed by atoms with Crippen LogP contribution in [0.25, 0.3) is 0 Å². The zero-order valence-electron chi connectivity index (χ0n) is 5.94. The Morgan fingerprint density at radius 3 is 2.27 bits per heavy atom. The van der Waals surface area contributed by atoms with Gasteiger partial charge in [0.05, 0.1) is 5.75 Å². The van der Waals surface area contributed by atoms with Crippen molar-refractivity contribution in [1.29, 1.82) is 0 Å². The van der Waals surface area contributed by atoms with E-state index < -0.39 is 27.6 Å². The summed E-state index contributed by atoms with van der Waals surface area (Å²) >= 11 is 0. The van der Waals surface area contributed by atoms with Crippen LogP contribution in [0.4, 0.5) is 0 Å². The van der Waals surface area contributed by atoms with Gasteiger partial charge in [-0.1, -0.05) is 9.39 Å². The van der Waals surface area contributed by atoms with E-state index in [4.69, 9.17) is 5.11 Å². The number of aliphatic carboxylic acids is 1. The van der Waals surface area contributed by atoms with Crippen molar-refractivity contribution in [2.24, 2.45) is 0 Å². The summed E-state index contributed by atoms with van der Waals surface area (Å²) in [6.07, 6.45) is 0.991. The minimum atomic E-state index is -3.24. The van der Waals surface area contributed by atoms with Gasteiger partial charge in [0.25, 0.3) is 0 Å². The molecule has 0 amide bonds. The van der Waals surface area contributed by atoms with Crippen molar-refractivity contribution < 1.29 is 18.3 Å². The molecule has 0 spiro atoms. The number of carboxylic acid groups (broad SMARTS) is 1. The van der Waals surface area contributed by atoms with Gasteiger partial charge in [0.1, 0.15) is 15.9 Å². The van der Waals surface area contributed by atoms with Crippen LogP contribution in [0.3, 0.4) is 0 Å². The van der Waals surface area contributed by atoms with E-state index in [9.17, 15) is 13.2 Å². The van der Waals surface area contributed by atoms with Crippen molar-refractivity contribution in [3.05, 3.63) is 0 Å². The Bertz CT molecular complexity index is 236. The summed E-state index contributed by atoms with van der Waals surface area (Å²) in [5, 5.41) is 10.7. The molecule has 0 aliphatic heterocycles. The van der Waals surface area contributed by atoms with Gasteiger partial charge in [0.15, 0.2) is 0 Å². The van der Waals surface area contributed by atoms with E-state index in [1.807, 2.05) is 9.39 Å². The highest BCUT2D eigenvalue weighted by Crippen LogP contribution is 1.93. The third-order valence-electron chi connectivity index (χ3n) is 0.969. The fourth-order valence-corrected chi connectivity index (χ4v) is 1.77. The Balaban J connectivity index is 4.22. The smallest absolute Gasteiger partial charge is 0.322 e. The molecule has 11 heavy (non-hydrogen) atoms. The number of hydrogen-bond donors (Lipinski definition) is 2. The minimum Gasteiger partial charge on any atom is -0.480 e. The fourth-order valence-electron chi connectivity index (χ4n) is 0.493. The molecule has 0 aromatic heterocycles. The second-order valence-corrected chi connectivity index (χ2v) is 4.67. The monoisotopic (exact) mass is 199 g/mol. The van der Waals surface area contributed by atoms with Gasteiger partial charge in [0, 0.05) is 6.26 Å². The van der Waals surface area contributed by atoms with Crippen molar-refractivity contribution in [3.8, 4) is 0 Å². The first-order valence-electron chi connectivity index (χ1n) is 2.73. The molecule has 0 saturated heterocycles. The molecule has 2 atom stereocenters. The lowest BCUT2D eigenvalue weighted by molar-refractivity contribution is -0.138. The van der Waals surface area contributed by atoms with Crippen molar-refractivity contribution in [3.63, 3.8) is 0 Å². The third kappa shape index (κ3) is 5.12. The maximum Gasteiger partial charge on any atom is 0.322 e. The van der Waals surface area contributed by atoms with E-state index in [0.29, 0.717) is 0 Å². The van der Waals surface area contributed by atoms with Gasteiger partial charge in [-0.15, -0.1) is 0 Å². The summed E-state index contributed by atoms with van der Waals surface area (Å²) in [5.74, 6) is -1.57. The average molecular weight is 199 g/mol. The molecule has 0 aromatic rings. The number of hydrogen-bond acceptors (Lipinski definition) is 4. The Morgan fingerprint density at radius 1 is 1.73 bits per heavy atom. The average Bonchev–Trinajstić information content (AvgIpc) is 1.80. The molecule has 0 bridgehead atoms. The van der Waals surface area contributed by atoms with Gasteiger partial charge in [-0.2, -0.15) is 0 Å². The zero-order chi connectivity index (χ0) is 9.07. The molecule has 0 aliphatic rings. The van der Waals surface area contributed by atoms with E-state index in [-0.39, 0.29) is 0 Å². The van der Waals surface area contributed by atoms with Crippen LogP contribution in [0, 0.1) is 0 Å². The second-order valence-electron chi connectivity index (χ2n) is 2.15. The van der Waals surface area contributed by atoms with Crippen LogP contribution >= 0.6 is 9.39 Å². The lowest BCUT2D eigenvalue weighted by Crippen LogP contribution is -2.36. The number of rotatable bonds is 4. The topological polar surface area (TPSA) is 83.5 Å². The predicted octanol–water partition coefficient (Wildman–Crippen LogP) is -1.14. The van der Waals surface area contributed by atoms with Crippen LogP contribution in [0.5, 0.6) is 0 Å². The maximum atomic E-state index is 10.6. The Labute approximate surface area is 67.4 Å². The zero-order valence-corrected chi connectivity index (χ0v) is 7.91. The SMILES string of the molecule is CS(=O)(=O)CC(NP)C(=O)O. The highest BCUT2D eigenvalue weighted by molar-refractivity contribution is 7.90. The number of sulfone groups is 1. The Kier molecular flexibility index (Phi) is 3.92. The first kappa shape index (κ1) is 10.8. The lowest BCUT2D eigenvalue weighted by Gasteiger charge is -2.07. The first-order valence-corrected chi connectivity index (χ1v) is 5.37. The van der Waals surface area contributed by atoms with Crippen LogP contribution in [-0.2, 0) is 14.6 Å². The lowest BCUT2D eigenvalue weighted by atomic mass is 10.4. The largest absolute Gasteiger partial charge is 0.480 e.